The molecule has 0 radical (unpaired) electrons. The van der Waals surface area contributed by atoms with E-state index in [2.05, 4.69) is 34.9 Å². The zero-order valence-corrected chi connectivity index (χ0v) is 21.0. The molecule has 1 aromatic carbocycles. The number of hydrogen-bond donors (Lipinski definition) is 1. The van der Waals surface area contributed by atoms with E-state index >= 15 is 0 Å². The van der Waals surface area contributed by atoms with Crippen molar-refractivity contribution >= 4 is 22.5 Å². The van der Waals surface area contributed by atoms with Crippen molar-refractivity contribution in [3.8, 4) is 11.1 Å². The number of hydrogen-bond acceptors (Lipinski definition) is 9. The maximum Gasteiger partial charge on any atom is 0.229 e. The maximum absolute atomic E-state index is 14.9. The van der Waals surface area contributed by atoms with Crippen LogP contribution in [0, 0.1) is 5.82 Å². The molecule has 2 aliphatic heterocycles. The molecule has 2 fully saturated rings. The van der Waals surface area contributed by atoms with Gasteiger partial charge in [0.05, 0.1) is 11.6 Å². The zero-order valence-electron chi connectivity index (χ0n) is 21.0. The van der Waals surface area contributed by atoms with Gasteiger partial charge in [-0.25, -0.2) is 19.3 Å². The zero-order chi connectivity index (χ0) is 25.5. The first-order chi connectivity index (χ1) is 18.0. The summed E-state index contributed by atoms with van der Waals surface area (Å²) in [6, 6.07) is 6.87. The highest BCUT2D eigenvalue weighted by Crippen LogP contribution is 2.35. The highest BCUT2D eigenvalue weighted by molar-refractivity contribution is 5.99. The Hall–Kier alpha value is -3.66. The summed E-state index contributed by atoms with van der Waals surface area (Å²) in [6.45, 7) is 6.94. The molecule has 3 aromatic heterocycles. The third kappa shape index (κ3) is 4.61. The summed E-state index contributed by atoms with van der Waals surface area (Å²) in [4.78, 5) is 22.5. The SMILES string of the molecule is CC(C)c1nc(C2CCN(c3ncnc4c(-c5ccc(N6CC[C@@H](O)C6)nc5)cc(F)cc34)CC2)no1. The number of benzene rings is 1. The molecule has 0 unspecified atom stereocenters. The van der Waals surface area contributed by atoms with Crippen LogP contribution >= 0.6 is 0 Å². The van der Waals surface area contributed by atoms with Crippen LogP contribution in [0.1, 0.15) is 56.7 Å². The van der Waals surface area contributed by atoms with E-state index in [4.69, 9.17) is 4.52 Å². The van der Waals surface area contributed by atoms with Gasteiger partial charge in [-0.15, -0.1) is 0 Å². The van der Waals surface area contributed by atoms with Crippen molar-refractivity contribution < 1.29 is 14.0 Å². The first-order valence-electron chi connectivity index (χ1n) is 12.9. The van der Waals surface area contributed by atoms with Crippen LogP contribution in [0.2, 0.25) is 0 Å². The Bertz CT molecular complexity index is 1400. The number of aromatic nitrogens is 5. The molecule has 0 spiro atoms. The van der Waals surface area contributed by atoms with E-state index in [0.29, 0.717) is 28.9 Å². The van der Waals surface area contributed by atoms with Crippen molar-refractivity contribution in [3.63, 3.8) is 0 Å². The topological polar surface area (TPSA) is 104 Å². The number of halogens is 1. The summed E-state index contributed by atoms with van der Waals surface area (Å²) < 4.78 is 20.3. The number of anilines is 2. The third-order valence-corrected chi connectivity index (χ3v) is 7.34. The molecule has 10 heteroatoms. The second-order valence-corrected chi connectivity index (χ2v) is 10.2. The van der Waals surface area contributed by atoms with Gasteiger partial charge in [-0.3, -0.25) is 0 Å². The van der Waals surface area contributed by atoms with Crippen LogP contribution < -0.4 is 9.80 Å². The average Bonchev–Trinajstić information content (AvgIpc) is 3.58. The van der Waals surface area contributed by atoms with Gasteiger partial charge < -0.3 is 19.4 Å². The van der Waals surface area contributed by atoms with Gasteiger partial charge in [0.15, 0.2) is 5.82 Å². The number of fused-ring (bicyclic) bond motifs is 1. The quantitative estimate of drug-likeness (QED) is 0.427. The average molecular weight is 504 g/mol. The van der Waals surface area contributed by atoms with E-state index in [9.17, 15) is 9.50 Å². The minimum absolute atomic E-state index is 0.206. The summed E-state index contributed by atoms with van der Waals surface area (Å²) in [5, 5.41) is 14.7. The summed E-state index contributed by atoms with van der Waals surface area (Å²) in [7, 11) is 0. The van der Waals surface area contributed by atoms with Gasteiger partial charge in [0.1, 0.15) is 23.8 Å². The molecule has 1 N–H and O–H groups in total. The fourth-order valence-corrected chi connectivity index (χ4v) is 5.27. The predicted molar refractivity (Wildman–Crippen MR) is 138 cm³/mol. The molecule has 0 aliphatic carbocycles. The third-order valence-electron chi connectivity index (χ3n) is 7.34. The molecule has 0 saturated carbocycles. The van der Waals surface area contributed by atoms with Gasteiger partial charge in [0.2, 0.25) is 5.89 Å². The number of piperidine rings is 1. The standard InChI is InChI=1S/C27H30FN7O2/c1-16(2)27-32-25(33-37-27)17-5-8-34(9-6-17)26-22-12-19(28)11-21(24(22)30-15-31-26)18-3-4-23(29-13-18)35-10-7-20(36)14-35/h3-4,11-13,15-17,20,36H,5-10,14H2,1-2H3/t20-/m1/s1. The van der Waals surface area contributed by atoms with Crippen molar-refractivity contribution in [2.45, 2.75) is 51.0 Å². The Labute approximate surface area is 214 Å². The lowest BCUT2D eigenvalue weighted by Gasteiger charge is -2.32. The monoisotopic (exact) mass is 503 g/mol. The van der Waals surface area contributed by atoms with Gasteiger partial charge in [0, 0.05) is 60.7 Å². The van der Waals surface area contributed by atoms with Crippen molar-refractivity contribution in [3.05, 3.63) is 54.3 Å². The fraction of sp³-hybridized carbons (Fsp3) is 0.444. The molecular weight excluding hydrogens is 473 g/mol. The number of aliphatic hydroxyl groups excluding tert-OH is 1. The second kappa shape index (κ2) is 9.66. The van der Waals surface area contributed by atoms with Gasteiger partial charge in [-0.1, -0.05) is 19.0 Å². The molecule has 1 atom stereocenters. The Morgan fingerprint density at radius 1 is 1.03 bits per heavy atom. The highest BCUT2D eigenvalue weighted by Gasteiger charge is 2.27. The number of nitrogens with zero attached hydrogens (tertiary/aromatic N) is 7. The minimum atomic E-state index is -0.340. The molecule has 6 rings (SSSR count). The Morgan fingerprint density at radius 2 is 1.84 bits per heavy atom. The molecule has 2 aliphatic rings. The highest BCUT2D eigenvalue weighted by atomic mass is 19.1. The van der Waals surface area contributed by atoms with Crippen molar-refractivity contribution in [2.24, 2.45) is 0 Å². The van der Waals surface area contributed by atoms with E-state index in [-0.39, 0.29) is 23.8 Å². The molecule has 9 nitrogen and oxygen atoms in total. The molecule has 2 saturated heterocycles. The lowest BCUT2D eigenvalue weighted by molar-refractivity contribution is 0.198. The largest absolute Gasteiger partial charge is 0.391 e. The van der Waals surface area contributed by atoms with Gasteiger partial charge in [0.25, 0.3) is 0 Å². The Morgan fingerprint density at radius 3 is 2.51 bits per heavy atom. The summed E-state index contributed by atoms with van der Waals surface area (Å²) >= 11 is 0. The molecule has 0 amide bonds. The predicted octanol–water partition coefficient (Wildman–Crippen LogP) is 4.29. The second-order valence-electron chi connectivity index (χ2n) is 10.2. The summed E-state index contributed by atoms with van der Waals surface area (Å²) in [5.41, 5.74) is 2.16. The van der Waals surface area contributed by atoms with E-state index in [1.165, 1.54) is 12.1 Å². The van der Waals surface area contributed by atoms with Crippen LogP contribution in [0.25, 0.3) is 22.0 Å². The van der Waals surface area contributed by atoms with Crippen LogP contribution in [0.3, 0.4) is 0 Å². The molecule has 5 heterocycles. The number of pyridine rings is 1. The Kier molecular flexibility index (Phi) is 6.19. The lowest BCUT2D eigenvalue weighted by atomic mass is 9.95. The van der Waals surface area contributed by atoms with Gasteiger partial charge in [-0.05, 0) is 43.5 Å². The van der Waals surface area contributed by atoms with Crippen molar-refractivity contribution in [2.75, 3.05) is 36.0 Å². The summed E-state index contributed by atoms with van der Waals surface area (Å²) in [5.74, 6) is 3.07. The summed E-state index contributed by atoms with van der Waals surface area (Å²) in [6.07, 6.45) is 5.44. The van der Waals surface area contributed by atoms with Crippen LogP contribution in [-0.2, 0) is 0 Å². The van der Waals surface area contributed by atoms with Gasteiger partial charge >= 0.3 is 0 Å². The molecule has 4 aromatic rings. The van der Waals surface area contributed by atoms with E-state index in [1.807, 2.05) is 26.0 Å². The van der Waals surface area contributed by atoms with Crippen molar-refractivity contribution in [1.29, 1.82) is 0 Å². The van der Waals surface area contributed by atoms with Crippen molar-refractivity contribution in [1.82, 2.24) is 25.1 Å². The van der Waals surface area contributed by atoms with Gasteiger partial charge in [-0.2, -0.15) is 4.98 Å². The van der Waals surface area contributed by atoms with Crippen LogP contribution in [0.15, 0.2) is 41.3 Å². The first-order valence-corrected chi connectivity index (χ1v) is 12.9. The number of aliphatic hydroxyl groups is 1. The number of β-amino-alcohol motifs (C(OH)–C–C–N with tert-alkyl or cyclic N) is 1. The van der Waals surface area contributed by atoms with Crippen LogP contribution in [0.4, 0.5) is 16.0 Å². The molecule has 192 valence electrons. The molecule has 0 bridgehead atoms. The van der Waals surface area contributed by atoms with Crippen LogP contribution in [-0.4, -0.2) is 62.5 Å². The first kappa shape index (κ1) is 23.7. The number of rotatable bonds is 5. The van der Waals surface area contributed by atoms with E-state index < -0.39 is 0 Å². The maximum atomic E-state index is 14.9. The fourth-order valence-electron chi connectivity index (χ4n) is 5.27. The smallest absolute Gasteiger partial charge is 0.229 e. The molecular formula is C27H30FN7O2. The normalized spacial score (nSPS) is 18.9. The minimum Gasteiger partial charge on any atom is -0.391 e. The van der Waals surface area contributed by atoms with E-state index in [1.54, 1.807) is 12.5 Å². The Balaban J connectivity index is 1.26. The van der Waals surface area contributed by atoms with E-state index in [0.717, 1.165) is 61.9 Å². The van der Waals surface area contributed by atoms with Crippen LogP contribution in [0.5, 0.6) is 0 Å². The molecule has 37 heavy (non-hydrogen) atoms. The lowest BCUT2D eigenvalue weighted by Crippen LogP contribution is -2.34.